The summed E-state index contributed by atoms with van der Waals surface area (Å²) in [5.74, 6) is 0. The molecule has 0 aromatic heterocycles. The maximum atomic E-state index is 6.13. The maximum Gasteiger partial charge on any atom is 0.0952 e. The predicted octanol–water partition coefficient (Wildman–Crippen LogP) is 4.68. The molecule has 1 unspecified atom stereocenters. The van der Waals surface area contributed by atoms with E-state index >= 15 is 0 Å². The largest absolute Gasteiger partial charge is 0.372 e. The Balaban J connectivity index is 1.99. The molecule has 0 amide bonds. The van der Waals surface area contributed by atoms with E-state index < -0.39 is 0 Å². The van der Waals surface area contributed by atoms with E-state index in [4.69, 9.17) is 16.3 Å². The first-order valence-corrected chi connectivity index (χ1v) is 8.27. The van der Waals surface area contributed by atoms with Gasteiger partial charge in [-0.3, -0.25) is 0 Å². The van der Waals surface area contributed by atoms with Gasteiger partial charge in [0.1, 0.15) is 0 Å². The van der Waals surface area contributed by atoms with E-state index in [1.165, 1.54) is 44.3 Å². The van der Waals surface area contributed by atoms with Crippen LogP contribution in [0.15, 0.2) is 24.3 Å². The summed E-state index contributed by atoms with van der Waals surface area (Å²) >= 11 is 6.12. The number of rotatable bonds is 7. The van der Waals surface area contributed by atoms with Crippen molar-refractivity contribution in [1.82, 2.24) is 4.90 Å². The van der Waals surface area contributed by atoms with E-state index in [9.17, 15) is 0 Å². The lowest BCUT2D eigenvalue weighted by Gasteiger charge is -2.30. The minimum Gasteiger partial charge on any atom is -0.372 e. The van der Waals surface area contributed by atoms with Gasteiger partial charge in [-0.1, -0.05) is 43.5 Å². The molecule has 3 heteroatoms. The predicted molar refractivity (Wildman–Crippen MR) is 85.3 cm³/mol. The molecule has 0 aliphatic carbocycles. The molecule has 2 nitrogen and oxygen atoms in total. The Morgan fingerprint density at radius 2 is 2.05 bits per heavy atom. The molecule has 1 heterocycles. The smallest absolute Gasteiger partial charge is 0.0952 e. The summed E-state index contributed by atoms with van der Waals surface area (Å²) < 4.78 is 6.13. The first kappa shape index (κ1) is 15.8. The van der Waals surface area contributed by atoms with Gasteiger partial charge in [0.2, 0.25) is 0 Å². The highest BCUT2D eigenvalue weighted by atomic mass is 35.5. The van der Waals surface area contributed by atoms with E-state index in [0.29, 0.717) is 0 Å². The van der Waals surface area contributed by atoms with Crippen molar-refractivity contribution in [3.8, 4) is 0 Å². The molecule has 20 heavy (non-hydrogen) atoms. The zero-order valence-electron chi connectivity index (χ0n) is 12.5. The Morgan fingerprint density at radius 1 is 1.25 bits per heavy atom. The van der Waals surface area contributed by atoms with Crippen molar-refractivity contribution < 1.29 is 4.74 Å². The van der Waals surface area contributed by atoms with Crippen molar-refractivity contribution in [1.29, 1.82) is 0 Å². The van der Waals surface area contributed by atoms with Crippen LogP contribution < -0.4 is 0 Å². The third kappa shape index (κ3) is 5.08. The van der Waals surface area contributed by atoms with E-state index in [1.807, 2.05) is 18.2 Å². The molecule has 0 N–H and O–H groups in total. The Labute approximate surface area is 128 Å². The minimum absolute atomic E-state index is 0.151. The first-order chi connectivity index (χ1) is 9.79. The monoisotopic (exact) mass is 295 g/mol. The molecule has 0 radical (unpaired) electrons. The third-order valence-electron chi connectivity index (χ3n) is 3.91. The highest BCUT2D eigenvalue weighted by Crippen LogP contribution is 2.24. The number of unbranched alkanes of at least 4 members (excludes halogenated alkanes) is 1. The van der Waals surface area contributed by atoms with Crippen molar-refractivity contribution in [2.24, 2.45) is 0 Å². The number of benzene rings is 1. The average Bonchev–Trinajstić information content (AvgIpc) is 2.47. The van der Waals surface area contributed by atoms with Gasteiger partial charge in [0.25, 0.3) is 0 Å². The fourth-order valence-electron chi connectivity index (χ4n) is 2.71. The molecule has 112 valence electrons. The molecule has 1 aliphatic rings. The fourth-order valence-corrected chi connectivity index (χ4v) is 2.91. The number of ether oxygens (including phenoxy) is 1. The summed E-state index contributed by atoms with van der Waals surface area (Å²) in [4.78, 5) is 2.53. The summed E-state index contributed by atoms with van der Waals surface area (Å²) in [7, 11) is 0. The molecule has 0 saturated carbocycles. The molecule has 1 fully saturated rings. The van der Waals surface area contributed by atoms with Crippen molar-refractivity contribution in [2.45, 2.75) is 45.1 Å². The highest BCUT2D eigenvalue weighted by molar-refractivity contribution is 6.30. The molecular formula is C17H26ClNO. The van der Waals surface area contributed by atoms with Gasteiger partial charge in [-0.15, -0.1) is 0 Å². The van der Waals surface area contributed by atoms with E-state index in [1.54, 1.807) is 0 Å². The minimum atomic E-state index is 0.151. The Bertz CT molecular complexity index is 390. The second-order valence-corrected chi connectivity index (χ2v) is 6.07. The van der Waals surface area contributed by atoms with Crippen LogP contribution in [0.5, 0.6) is 0 Å². The van der Waals surface area contributed by atoms with Gasteiger partial charge < -0.3 is 9.64 Å². The number of nitrogens with zero attached hydrogens (tertiary/aromatic N) is 1. The summed E-state index contributed by atoms with van der Waals surface area (Å²) in [6.45, 7) is 6.43. The molecule has 2 rings (SSSR count). The second kappa shape index (κ2) is 8.66. The van der Waals surface area contributed by atoms with Gasteiger partial charge >= 0.3 is 0 Å². The van der Waals surface area contributed by atoms with Gasteiger partial charge in [0.15, 0.2) is 0 Å². The summed E-state index contributed by atoms with van der Waals surface area (Å²) in [6, 6.07) is 8.12. The van der Waals surface area contributed by atoms with Gasteiger partial charge in [-0.2, -0.15) is 0 Å². The number of hydrogen-bond donors (Lipinski definition) is 0. The van der Waals surface area contributed by atoms with Crippen molar-refractivity contribution in [3.63, 3.8) is 0 Å². The van der Waals surface area contributed by atoms with Crippen LogP contribution in [0.3, 0.4) is 0 Å². The van der Waals surface area contributed by atoms with Gasteiger partial charge in [0, 0.05) is 18.2 Å². The van der Waals surface area contributed by atoms with Gasteiger partial charge in [-0.25, -0.2) is 0 Å². The normalized spacial score (nSPS) is 18.1. The SMILES string of the molecule is CCCCOC(CN1CCCCC1)c1cccc(Cl)c1. The van der Waals surface area contributed by atoms with Crippen LogP contribution >= 0.6 is 11.6 Å². The van der Waals surface area contributed by atoms with Gasteiger partial charge in [0.05, 0.1) is 6.10 Å². The quantitative estimate of drug-likeness (QED) is 0.677. The Morgan fingerprint density at radius 3 is 2.75 bits per heavy atom. The van der Waals surface area contributed by atoms with Crippen LogP contribution in [-0.4, -0.2) is 31.1 Å². The number of piperidine rings is 1. The summed E-state index contributed by atoms with van der Waals surface area (Å²) in [5, 5.41) is 0.797. The first-order valence-electron chi connectivity index (χ1n) is 7.89. The fraction of sp³-hybridized carbons (Fsp3) is 0.647. The van der Waals surface area contributed by atoms with Crippen molar-refractivity contribution in [3.05, 3.63) is 34.9 Å². The van der Waals surface area contributed by atoms with Crippen LogP contribution in [0, 0.1) is 0 Å². The second-order valence-electron chi connectivity index (χ2n) is 5.63. The lowest BCUT2D eigenvalue weighted by atomic mass is 10.1. The topological polar surface area (TPSA) is 12.5 Å². The number of halogens is 1. The Hall–Kier alpha value is -0.570. The van der Waals surface area contributed by atoms with Crippen LogP contribution in [-0.2, 0) is 4.74 Å². The van der Waals surface area contributed by atoms with E-state index in [-0.39, 0.29) is 6.10 Å². The molecule has 0 spiro atoms. The van der Waals surface area contributed by atoms with Crippen LogP contribution in [0.25, 0.3) is 0 Å². The lowest BCUT2D eigenvalue weighted by Crippen LogP contribution is -2.34. The summed E-state index contributed by atoms with van der Waals surface area (Å²) in [5.41, 5.74) is 1.21. The molecule has 1 aromatic rings. The molecule has 1 saturated heterocycles. The maximum absolute atomic E-state index is 6.13. The molecule has 0 bridgehead atoms. The standard InChI is InChI=1S/C17H26ClNO/c1-2-3-12-20-17(14-19-10-5-4-6-11-19)15-8-7-9-16(18)13-15/h7-9,13,17H,2-6,10-12,14H2,1H3. The number of hydrogen-bond acceptors (Lipinski definition) is 2. The van der Waals surface area contributed by atoms with Crippen molar-refractivity contribution in [2.75, 3.05) is 26.2 Å². The molecule has 1 aliphatic heterocycles. The highest BCUT2D eigenvalue weighted by Gasteiger charge is 2.18. The number of likely N-dealkylation sites (tertiary alicyclic amines) is 1. The van der Waals surface area contributed by atoms with Crippen LogP contribution in [0.2, 0.25) is 5.02 Å². The Kier molecular flexibility index (Phi) is 6.85. The van der Waals surface area contributed by atoms with Crippen molar-refractivity contribution >= 4 is 11.6 Å². The molecule has 1 aromatic carbocycles. The molecule has 1 atom stereocenters. The summed E-state index contributed by atoms with van der Waals surface area (Å²) in [6.07, 6.45) is 6.45. The lowest BCUT2D eigenvalue weighted by molar-refractivity contribution is 0.0192. The third-order valence-corrected chi connectivity index (χ3v) is 4.15. The van der Waals surface area contributed by atoms with Gasteiger partial charge in [-0.05, 0) is 50.0 Å². The average molecular weight is 296 g/mol. The zero-order chi connectivity index (χ0) is 14.2. The van der Waals surface area contributed by atoms with Crippen LogP contribution in [0.1, 0.15) is 50.7 Å². The van der Waals surface area contributed by atoms with E-state index in [2.05, 4.69) is 17.9 Å². The zero-order valence-corrected chi connectivity index (χ0v) is 13.2. The van der Waals surface area contributed by atoms with Crippen LogP contribution in [0.4, 0.5) is 0 Å². The van der Waals surface area contributed by atoms with E-state index in [0.717, 1.165) is 24.6 Å². The molecular weight excluding hydrogens is 270 g/mol.